The number of ether oxygens (including phenoxy) is 1. The molecule has 5 heteroatoms. The molecular weight excluding hydrogens is 294 g/mol. The summed E-state index contributed by atoms with van der Waals surface area (Å²) in [5, 5.41) is 12.3. The molecule has 0 spiro atoms. The first kappa shape index (κ1) is 17.1. The van der Waals surface area contributed by atoms with Crippen LogP contribution < -0.4 is 10.1 Å². The van der Waals surface area contributed by atoms with Crippen molar-refractivity contribution in [3.05, 3.63) is 42.5 Å². The molecule has 1 aromatic rings. The minimum atomic E-state index is -0.828. The number of aliphatic carboxylic acids is 1. The van der Waals surface area contributed by atoms with Crippen molar-refractivity contribution in [1.82, 2.24) is 5.32 Å². The third-order valence-corrected chi connectivity index (χ3v) is 4.13. The van der Waals surface area contributed by atoms with Gasteiger partial charge >= 0.3 is 5.97 Å². The highest BCUT2D eigenvalue weighted by Crippen LogP contribution is 2.24. The third-order valence-electron chi connectivity index (χ3n) is 4.13. The van der Waals surface area contributed by atoms with Crippen LogP contribution in [0.5, 0.6) is 5.75 Å². The van der Waals surface area contributed by atoms with E-state index >= 15 is 0 Å². The highest BCUT2D eigenvalue weighted by molar-refractivity contribution is 5.94. The van der Waals surface area contributed by atoms with Gasteiger partial charge in [-0.1, -0.05) is 31.9 Å². The van der Waals surface area contributed by atoms with Gasteiger partial charge in [-0.25, -0.2) is 0 Å². The van der Waals surface area contributed by atoms with E-state index in [4.69, 9.17) is 4.74 Å². The number of benzene rings is 1. The predicted octanol–water partition coefficient (Wildman–Crippen LogP) is 3.01. The van der Waals surface area contributed by atoms with Crippen molar-refractivity contribution in [2.24, 2.45) is 5.92 Å². The molecule has 0 unspecified atom stereocenters. The Bertz CT molecular complexity index is 553. The van der Waals surface area contributed by atoms with E-state index in [1.807, 2.05) is 0 Å². The smallest absolute Gasteiger partial charge is 0.308 e. The summed E-state index contributed by atoms with van der Waals surface area (Å²) in [6, 6.07) is 6.50. The van der Waals surface area contributed by atoms with E-state index in [-0.39, 0.29) is 11.9 Å². The Morgan fingerprint density at radius 2 is 1.91 bits per heavy atom. The van der Waals surface area contributed by atoms with Crippen molar-refractivity contribution < 1.29 is 19.4 Å². The molecule has 0 aromatic heterocycles. The fourth-order valence-electron chi connectivity index (χ4n) is 2.89. The molecule has 0 radical (unpaired) electrons. The first-order valence-corrected chi connectivity index (χ1v) is 7.99. The summed E-state index contributed by atoms with van der Waals surface area (Å²) in [4.78, 5) is 23.8. The molecule has 2 atom stereocenters. The average molecular weight is 317 g/mol. The Morgan fingerprint density at radius 3 is 2.57 bits per heavy atom. The lowest BCUT2D eigenvalue weighted by Crippen LogP contribution is -2.42. The van der Waals surface area contributed by atoms with E-state index in [1.54, 1.807) is 30.3 Å². The van der Waals surface area contributed by atoms with Gasteiger partial charge in [-0.15, -0.1) is 0 Å². The quantitative estimate of drug-likeness (QED) is 0.624. The monoisotopic (exact) mass is 317 g/mol. The molecule has 124 valence electrons. The van der Waals surface area contributed by atoms with Gasteiger partial charge in [-0.3, -0.25) is 9.59 Å². The molecule has 0 heterocycles. The molecular formula is C18H23NO4. The van der Waals surface area contributed by atoms with Crippen LogP contribution in [-0.4, -0.2) is 29.6 Å². The summed E-state index contributed by atoms with van der Waals surface area (Å²) in [5.74, 6) is -0.903. The zero-order valence-corrected chi connectivity index (χ0v) is 13.2. The molecule has 2 N–H and O–H groups in total. The molecule has 0 aliphatic heterocycles. The van der Waals surface area contributed by atoms with Crippen LogP contribution in [0.2, 0.25) is 0 Å². The molecule has 1 aromatic carbocycles. The second kappa shape index (κ2) is 8.36. The summed E-state index contributed by atoms with van der Waals surface area (Å²) in [5.41, 5.74) is 0.504. The van der Waals surface area contributed by atoms with Gasteiger partial charge in [0, 0.05) is 11.6 Å². The van der Waals surface area contributed by atoms with Crippen molar-refractivity contribution in [2.75, 3.05) is 6.61 Å². The molecule has 0 bridgehead atoms. The van der Waals surface area contributed by atoms with Gasteiger partial charge in [0.15, 0.2) is 0 Å². The Kier molecular flexibility index (Phi) is 6.20. The molecule has 0 saturated heterocycles. The largest absolute Gasteiger partial charge is 0.490 e. The van der Waals surface area contributed by atoms with Crippen molar-refractivity contribution >= 4 is 11.9 Å². The van der Waals surface area contributed by atoms with Gasteiger partial charge in [0.1, 0.15) is 12.4 Å². The Hall–Kier alpha value is -2.30. The van der Waals surface area contributed by atoms with Crippen molar-refractivity contribution in [1.29, 1.82) is 0 Å². The van der Waals surface area contributed by atoms with Crippen LogP contribution in [0.25, 0.3) is 0 Å². The lowest BCUT2D eigenvalue weighted by atomic mass is 9.94. The molecule has 1 saturated carbocycles. The SMILES string of the molecule is C=CCOc1ccc(C(=O)N[C@H]2CCCCC[C@H]2C(=O)O)cc1. The van der Waals surface area contributed by atoms with Crippen LogP contribution in [0.3, 0.4) is 0 Å². The van der Waals surface area contributed by atoms with Crippen LogP contribution in [0, 0.1) is 5.92 Å². The van der Waals surface area contributed by atoms with Gasteiger partial charge in [-0.05, 0) is 37.1 Å². The molecule has 2 rings (SSSR count). The van der Waals surface area contributed by atoms with Crippen molar-refractivity contribution in [3.63, 3.8) is 0 Å². The number of nitrogens with one attached hydrogen (secondary N) is 1. The van der Waals surface area contributed by atoms with Crippen molar-refractivity contribution in [2.45, 2.75) is 38.1 Å². The lowest BCUT2D eigenvalue weighted by molar-refractivity contribution is -0.142. The number of rotatable bonds is 6. The van der Waals surface area contributed by atoms with Gasteiger partial charge < -0.3 is 15.2 Å². The summed E-state index contributed by atoms with van der Waals surface area (Å²) >= 11 is 0. The number of carbonyl (C=O) groups excluding carboxylic acids is 1. The number of carboxylic acids is 1. The number of hydrogen-bond acceptors (Lipinski definition) is 3. The Labute approximate surface area is 136 Å². The third kappa shape index (κ3) is 4.84. The fraction of sp³-hybridized carbons (Fsp3) is 0.444. The van der Waals surface area contributed by atoms with Crippen LogP contribution in [-0.2, 0) is 4.79 Å². The molecule has 1 aliphatic carbocycles. The number of amides is 1. The highest BCUT2D eigenvalue weighted by atomic mass is 16.5. The summed E-state index contributed by atoms with van der Waals surface area (Å²) in [6.07, 6.45) is 5.85. The average Bonchev–Trinajstić information content (AvgIpc) is 2.79. The number of hydrogen-bond donors (Lipinski definition) is 2. The first-order chi connectivity index (χ1) is 11.1. The Morgan fingerprint density at radius 1 is 1.22 bits per heavy atom. The summed E-state index contributed by atoms with van der Waals surface area (Å²) in [6.45, 7) is 3.99. The summed E-state index contributed by atoms with van der Waals surface area (Å²) in [7, 11) is 0. The minimum absolute atomic E-state index is 0.238. The minimum Gasteiger partial charge on any atom is -0.490 e. The van der Waals surface area contributed by atoms with Gasteiger partial charge in [0.2, 0.25) is 0 Å². The second-order valence-electron chi connectivity index (χ2n) is 5.79. The molecule has 1 amide bonds. The van der Waals surface area contributed by atoms with Crippen LogP contribution in [0.4, 0.5) is 0 Å². The molecule has 1 aliphatic rings. The van der Waals surface area contributed by atoms with Gasteiger partial charge in [0.25, 0.3) is 5.91 Å². The number of carboxylic acid groups (broad SMARTS) is 1. The maximum Gasteiger partial charge on any atom is 0.308 e. The summed E-state index contributed by atoms with van der Waals surface area (Å²) < 4.78 is 5.38. The van der Waals surface area contributed by atoms with Crippen LogP contribution in [0.15, 0.2) is 36.9 Å². The maximum absolute atomic E-state index is 12.4. The normalized spacial score (nSPS) is 21.0. The first-order valence-electron chi connectivity index (χ1n) is 7.99. The highest BCUT2D eigenvalue weighted by Gasteiger charge is 2.30. The molecule has 1 fully saturated rings. The fourth-order valence-corrected chi connectivity index (χ4v) is 2.89. The zero-order valence-electron chi connectivity index (χ0n) is 13.2. The molecule has 5 nitrogen and oxygen atoms in total. The standard InChI is InChI=1S/C18H23NO4/c1-2-12-23-14-10-8-13(9-11-14)17(20)19-16-7-5-3-4-6-15(16)18(21)22/h2,8-11,15-16H,1,3-7,12H2,(H,19,20)(H,21,22)/t15-,16+/m1/s1. The van der Waals surface area contributed by atoms with Crippen LogP contribution in [0.1, 0.15) is 42.5 Å². The van der Waals surface area contributed by atoms with E-state index in [9.17, 15) is 14.7 Å². The maximum atomic E-state index is 12.4. The van der Waals surface area contributed by atoms with Gasteiger partial charge in [-0.2, -0.15) is 0 Å². The predicted molar refractivity (Wildman–Crippen MR) is 87.6 cm³/mol. The van der Waals surface area contributed by atoms with E-state index in [1.165, 1.54) is 0 Å². The number of carbonyl (C=O) groups is 2. The topological polar surface area (TPSA) is 75.6 Å². The van der Waals surface area contributed by atoms with E-state index in [0.29, 0.717) is 30.8 Å². The van der Waals surface area contributed by atoms with Crippen molar-refractivity contribution in [3.8, 4) is 5.75 Å². The van der Waals surface area contributed by atoms with Crippen LogP contribution >= 0.6 is 0 Å². The lowest BCUT2D eigenvalue weighted by Gasteiger charge is -2.23. The van der Waals surface area contributed by atoms with E-state index in [2.05, 4.69) is 11.9 Å². The zero-order chi connectivity index (χ0) is 16.7. The van der Waals surface area contributed by atoms with E-state index in [0.717, 1.165) is 19.3 Å². The Balaban J connectivity index is 2.01. The van der Waals surface area contributed by atoms with E-state index < -0.39 is 11.9 Å². The van der Waals surface area contributed by atoms with Gasteiger partial charge in [0.05, 0.1) is 5.92 Å². The molecule has 23 heavy (non-hydrogen) atoms. The second-order valence-corrected chi connectivity index (χ2v) is 5.79.